The maximum absolute atomic E-state index is 13.2. The molecular weight excluding hydrogens is 364 g/mol. The van der Waals surface area contributed by atoms with E-state index in [1.165, 1.54) is 11.1 Å². The Morgan fingerprint density at radius 2 is 1.86 bits per heavy atom. The van der Waals surface area contributed by atoms with Crippen molar-refractivity contribution in [3.63, 3.8) is 0 Å². The standard InChI is InChI=1S/C23H28N4O2/c1-16-6-8-18(9-7-16)14-26-10-11-27(15-21(26)28)23(29)20-13-24-25-22(20)19-5-3-4-17(2)12-19/h3-9,12,20,22,24-25H,10-11,13-15H2,1-2H3. The third kappa shape index (κ3) is 4.33. The summed E-state index contributed by atoms with van der Waals surface area (Å²) in [5.74, 6) is -0.165. The number of benzene rings is 2. The van der Waals surface area contributed by atoms with Crippen molar-refractivity contribution in [1.82, 2.24) is 20.7 Å². The molecule has 2 saturated heterocycles. The summed E-state index contributed by atoms with van der Waals surface area (Å²) in [6.45, 7) is 6.57. The molecule has 6 nitrogen and oxygen atoms in total. The van der Waals surface area contributed by atoms with E-state index in [1.807, 2.05) is 17.0 Å². The lowest BCUT2D eigenvalue weighted by atomic mass is 9.92. The van der Waals surface area contributed by atoms with Gasteiger partial charge >= 0.3 is 0 Å². The van der Waals surface area contributed by atoms with Crippen molar-refractivity contribution in [2.75, 3.05) is 26.2 Å². The molecule has 0 aliphatic carbocycles. The fourth-order valence-corrected chi connectivity index (χ4v) is 4.12. The Hall–Kier alpha value is -2.70. The van der Waals surface area contributed by atoms with Crippen LogP contribution in [-0.4, -0.2) is 47.8 Å². The van der Waals surface area contributed by atoms with Gasteiger partial charge in [0.05, 0.1) is 18.5 Å². The molecule has 0 bridgehead atoms. The topological polar surface area (TPSA) is 64.7 Å². The first-order chi connectivity index (χ1) is 14.0. The van der Waals surface area contributed by atoms with Crippen LogP contribution in [-0.2, 0) is 16.1 Å². The van der Waals surface area contributed by atoms with Gasteiger partial charge in [-0.1, -0.05) is 59.7 Å². The number of carbonyl (C=O) groups is 2. The van der Waals surface area contributed by atoms with Gasteiger partial charge in [0.15, 0.2) is 0 Å². The third-order valence-electron chi connectivity index (χ3n) is 5.82. The highest BCUT2D eigenvalue weighted by Gasteiger charge is 2.38. The molecule has 2 unspecified atom stereocenters. The van der Waals surface area contributed by atoms with Crippen molar-refractivity contribution in [1.29, 1.82) is 0 Å². The highest BCUT2D eigenvalue weighted by molar-refractivity contribution is 5.87. The van der Waals surface area contributed by atoms with Crippen LogP contribution in [0.3, 0.4) is 0 Å². The van der Waals surface area contributed by atoms with Crippen LogP contribution in [0.25, 0.3) is 0 Å². The molecule has 4 rings (SSSR count). The number of rotatable bonds is 4. The average Bonchev–Trinajstić information content (AvgIpc) is 3.20. The summed E-state index contributed by atoms with van der Waals surface area (Å²) >= 11 is 0. The number of carbonyl (C=O) groups excluding carboxylic acids is 2. The molecule has 2 atom stereocenters. The molecule has 6 heteroatoms. The number of piperazine rings is 1. The highest BCUT2D eigenvalue weighted by Crippen LogP contribution is 2.27. The zero-order chi connectivity index (χ0) is 20.4. The summed E-state index contributed by atoms with van der Waals surface area (Å²) in [7, 11) is 0. The molecule has 2 fully saturated rings. The summed E-state index contributed by atoms with van der Waals surface area (Å²) in [5, 5.41) is 0. The minimum Gasteiger partial charge on any atom is -0.335 e. The summed E-state index contributed by atoms with van der Waals surface area (Å²) in [4.78, 5) is 29.4. The third-order valence-corrected chi connectivity index (χ3v) is 5.82. The Bertz CT molecular complexity index is 896. The quantitative estimate of drug-likeness (QED) is 0.835. The number of nitrogens with zero attached hydrogens (tertiary/aromatic N) is 2. The highest BCUT2D eigenvalue weighted by atomic mass is 16.2. The summed E-state index contributed by atoms with van der Waals surface area (Å²) < 4.78 is 0. The number of hydrogen-bond acceptors (Lipinski definition) is 4. The maximum atomic E-state index is 13.2. The second-order valence-electron chi connectivity index (χ2n) is 8.08. The second kappa shape index (κ2) is 8.35. The summed E-state index contributed by atoms with van der Waals surface area (Å²) in [6.07, 6.45) is 0. The van der Waals surface area contributed by atoms with E-state index in [-0.39, 0.29) is 30.3 Å². The lowest BCUT2D eigenvalue weighted by molar-refractivity contribution is -0.148. The van der Waals surface area contributed by atoms with Crippen LogP contribution in [0.4, 0.5) is 0 Å². The van der Waals surface area contributed by atoms with Gasteiger partial charge in [0.1, 0.15) is 0 Å². The molecule has 2 aromatic rings. The van der Waals surface area contributed by atoms with Crippen molar-refractivity contribution < 1.29 is 9.59 Å². The minimum absolute atomic E-state index is 0.0104. The SMILES string of the molecule is Cc1ccc(CN2CCN(C(=O)C3CNNC3c3cccc(C)c3)CC2=O)cc1. The van der Waals surface area contributed by atoms with Crippen molar-refractivity contribution in [2.45, 2.75) is 26.4 Å². The average molecular weight is 393 g/mol. The van der Waals surface area contributed by atoms with Gasteiger partial charge in [0, 0.05) is 26.2 Å². The van der Waals surface area contributed by atoms with Crippen LogP contribution >= 0.6 is 0 Å². The van der Waals surface area contributed by atoms with Crippen molar-refractivity contribution in [3.8, 4) is 0 Å². The summed E-state index contributed by atoms with van der Waals surface area (Å²) in [5.41, 5.74) is 10.9. The number of hydrogen-bond donors (Lipinski definition) is 2. The van der Waals surface area contributed by atoms with E-state index in [0.29, 0.717) is 26.2 Å². The largest absolute Gasteiger partial charge is 0.335 e. The Morgan fingerprint density at radius 1 is 1.07 bits per heavy atom. The van der Waals surface area contributed by atoms with Crippen molar-refractivity contribution >= 4 is 11.8 Å². The van der Waals surface area contributed by atoms with E-state index in [0.717, 1.165) is 11.1 Å². The normalized spacial score (nSPS) is 22.2. The molecular formula is C23H28N4O2. The zero-order valence-corrected chi connectivity index (χ0v) is 17.0. The molecule has 0 radical (unpaired) electrons. The second-order valence-corrected chi connectivity index (χ2v) is 8.08. The number of aryl methyl sites for hydroxylation is 2. The number of hydrazine groups is 1. The van der Waals surface area contributed by atoms with Crippen LogP contribution in [0.2, 0.25) is 0 Å². The van der Waals surface area contributed by atoms with Gasteiger partial charge in [-0.2, -0.15) is 0 Å². The van der Waals surface area contributed by atoms with Gasteiger partial charge in [-0.05, 0) is 25.0 Å². The van der Waals surface area contributed by atoms with Gasteiger partial charge in [-0.25, -0.2) is 5.43 Å². The first kappa shape index (κ1) is 19.6. The van der Waals surface area contributed by atoms with Crippen LogP contribution in [0, 0.1) is 19.8 Å². The van der Waals surface area contributed by atoms with Crippen LogP contribution in [0.15, 0.2) is 48.5 Å². The first-order valence-electron chi connectivity index (χ1n) is 10.2. The predicted octanol–water partition coefficient (Wildman–Crippen LogP) is 1.94. The van der Waals surface area contributed by atoms with E-state index >= 15 is 0 Å². The van der Waals surface area contributed by atoms with Gasteiger partial charge in [-0.15, -0.1) is 0 Å². The molecule has 152 valence electrons. The Morgan fingerprint density at radius 3 is 2.59 bits per heavy atom. The molecule has 0 saturated carbocycles. The van der Waals surface area contributed by atoms with Crippen LogP contribution < -0.4 is 10.9 Å². The molecule has 0 spiro atoms. The van der Waals surface area contributed by atoms with Gasteiger partial charge in [0.25, 0.3) is 0 Å². The summed E-state index contributed by atoms with van der Waals surface area (Å²) in [6, 6.07) is 16.4. The molecule has 0 aromatic heterocycles. The predicted molar refractivity (Wildman–Crippen MR) is 112 cm³/mol. The van der Waals surface area contributed by atoms with E-state index < -0.39 is 0 Å². The van der Waals surface area contributed by atoms with Crippen molar-refractivity contribution in [2.24, 2.45) is 5.92 Å². The van der Waals surface area contributed by atoms with E-state index in [2.05, 4.69) is 61.1 Å². The maximum Gasteiger partial charge on any atom is 0.242 e. The smallest absolute Gasteiger partial charge is 0.242 e. The van der Waals surface area contributed by atoms with Gasteiger partial charge in [-0.3, -0.25) is 15.0 Å². The Labute approximate surface area is 171 Å². The Kier molecular flexibility index (Phi) is 5.65. The van der Waals surface area contributed by atoms with E-state index in [1.54, 1.807) is 4.90 Å². The van der Waals surface area contributed by atoms with Gasteiger partial charge in [0.2, 0.25) is 11.8 Å². The van der Waals surface area contributed by atoms with Crippen molar-refractivity contribution in [3.05, 3.63) is 70.8 Å². The van der Waals surface area contributed by atoms with Gasteiger partial charge < -0.3 is 9.80 Å². The molecule has 2 aliphatic heterocycles. The fourth-order valence-electron chi connectivity index (χ4n) is 4.12. The number of amides is 2. The molecule has 2 aliphatic rings. The molecule has 2 N–H and O–H groups in total. The van der Waals surface area contributed by atoms with E-state index in [4.69, 9.17) is 0 Å². The minimum atomic E-state index is -0.215. The molecule has 2 heterocycles. The lowest BCUT2D eigenvalue weighted by Crippen LogP contribution is -2.53. The lowest BCUT2D eigenvalue weighted by Gasteiger charge is -2.36. The molecule has 29 heavy (non-hydrogen) atoms. The monoisotopic (exact) mass is 392 g/mol. The number of nitrogens with one attached hydrogen (secondary N) is 2. The van der Waals surface area contributed by atoms with Crippen LogP contribution in [0.5, 0.6) is 0 Å². The first-order valence-corrected chi connectivity index (χ1v) is 10.2. The van der Waals surface area contributed by atoms with E-state index in [9.17, 15) is 9.59 Å². The molecule has 2 aromatic carbocycles. The Balaban J connectivity index is 1.40. The fraction of sp³-hybridized carbons (Fsp3) is 0.391. The van der Waals surface area contributed by atoms with Crippen LogP contribution in [0.1, 0.15) is 28.3 Å². The zero-order valence-electron chi connectivity index (χ0n) is 17.0. The molecule has 2 amide bonds.